The standard InChI is InChI=1S/C5H7Br.C5H9N3.C4H8.C3H8/c1-3-5(6)4-2;1-6-2-5-3-7-4-8-5;1-3-4-2;1-3-2/h3-4H,1H2,2H3;3-4,6H,2H2,1H3,(H,7,8);3H,1,4H2,2H3;3H2,1-2H3/b5-4+;;;. The van der Waals surface area contributed by atoms with E-state index in [2.05, 4.69) is 65.1 Å². The Balaban J connectivity index is -0.000000223. The minimum Gasteiger partial charge on any atom is -0.347 e. The summed E-state index contributed by atoms with van der Waals surface area (Å²) in [6.45, 7) is 16.1. The van der Waals surface area contributed by atoms with Crippen molar-refractivity contribution in [1.82, 2.24) is 15.3 Å². The van der Waals surface area contributed by atoms with E-state index < -0.39 is 0 Å². The van der Waals surface area contributed by atoms with Gasteiger partial charge in [-0.2, -0.15) is 0 Å². The number of rotatable bonds is 4. The molecule has 0 spiro atoms. The molecule has 122 valence electrons. The number of nitrogens with one attached hydrogen (secondary N) is 2. The summed E-state index contributed by atoms with van der Waals surface area (Å²) in [5.41, 5.74) is 1.12. The molecule has 0 aromatic carbocycles. The van der Waals surface area contributed by atoms with Crippen molar-refractivity contribution in [3.8, 4) is 0 Å². The maximum absolute atomic E-state index is 3.85. The van der Waals surface area contributed by atoms with Crippen LogP contribution in [0.15, 0.2) is 48.4 Å². The Kier molecular flexibility index (Phi) is 28.3. The van der Waals surface area contributed by atoms with Gasteiger partial charge < -0.3 is 10.3 Å². The van der Waals surface area contributed by atoms with E-state index in [-0.39, 0.29) is 0 Å². The monoisotopic (exact) mass is 357 g/mol. The first kappa shape index (κ1) is 24.9. The minimum absolute atomic E-state index is 0.861. The van der Waals surface area contributed by atoms with Gasteiger partial charge in [-0.25, -0.2) is 4.98 Å². The zero-order chi connectivity index (χ0) is 16.9. The van der Waals surface area contributed by atoms with E-state index in [1.807, 2.05) is 26.1 Å². The average molecular weight is 358 g/mol. The molecule has 0 saturated carbocycles. The first-order valence-electron chi connectivity index (χ1n) is 7.24. The zero-order valence-electron chi connectivity index (χ0n) is 14.2. The molecular weight excluding hydrogens is 326 g/mol. The fourth-order valence-electron chi connectivity index (χ4n) is 0.690. The van der Waals surface area contributed by atoms with Gasteiger partial charge in [0.1, 0.15) is 0 Å². The van der Waals surface area contributed by atoms with E-state index in [4.69, 9.17) is 0 Å². The van der Waals surface area contributed by atoms with Gasteiger partial charge in [-0.1, -0.05) is 67.9 Å². The number of aromatic amines is 1. The van der Waals surface area contributed by atoms with Gasteiger partial charge in [0.15, 0.2) is 0 Å². The summed E-state index contributed by atoms with van der Waals surface area (Å²) >= 11 is 3.22. The number of imidazole rings is 1. The van der Waals surface area contributed by atoms with Crippen LogP contribution in [0.3, 0.4) is 0 Å². The topological polar surface area (TPSA) is 40.7 Å². The van der Waals surface area contributed by atoms with Crippen molar-refractivity contribution in [1.29, 1.82) is 0 Å². The fraction of sp³-hybridized carbons (Fsp3) is 0.471. The van der Waals surface area contributed by atoms with Crippen LogP contribution in [0.2, 0.25) is 0 Å². The second kappa shape index (κ2) is 23.9. The number of H-pyrrole nitrogens is 1. The van der Waals surface area contributed by atoms with Gasteiger partial charge in [0.25, 0.3) is 0 Å². The number of halogens is 1. The summed E-state index contributed by atoms with van der Waals surface area (Å²) in [6, 6.07) is 0. The number of hydrogen-bond acceptors (Lipinski definition) is 2. The third kappa shape index (κ3) is 27.9. The number of aromatic nitrogens is 2. The van der Waals surface area contributed by atoms with Gasteiger partial charge in [0, 0.05) is 22.9 Å². The highest BCUT2D eigenvalue weighted by Crippen LogP contribution is 2.02. The van der Waals surface area contributed by atoms with Crippen molar-refractivity contribution in [2.45, 2.75) is 47.1 Å². The third-order valence-electron chi connectivity index (χ3n) is 1.68. The van der Waals surface area contributed by atoms with Crippen LogP contribution in [0.5, 0.6) is 0 Å². The molecule has 0 saturated heterocycles. The molecule has 1 aromatic rings. The van der Waals surface area contributed by atoms with Crippen LogP contribution in [0, 0.1) is 0 Å². The van der Waals surface area contributed by atoms with Gasteiger partial charge >= 0.3 is 0 Å². The lowest BCUT2D eigenvalue weighted by molar-refractivity contribution is 0.797. The lowest BCUT2D eigenvalue weighted by Gasteiger charge is -1.89. The highest BCUT2D eigenvalue weighted by Gasteiger charge is 1.85. The van der Waals surface area contributed by atoms with E-state index in [0.29, 0.717) is 0 Å². The average Bonchev–Trinajstić information content (AvgIpc) is 3.01. The van der Waals surface area contributed by atoms with Crippen LogP contribution in [-0.4, -0.2) is 17.0 Å². The van der Waals surface area contributed by atoms with Crippen molar-refractivity contribution in [2.75, 3.05) is 7.05 Å². The largest absolute Gasteiger partial charge is 0.347 e. The molecule has 0 aliphatic heterocycles. The SMILES string of the molecule is C=C/C(Br)=C\C.C=CCC.CCC.CNCc1cnc[nH]1. The smallest absolute Gasteiger partial charge is 0.0922 e. The Morgan fingerprint density at radius 2 is 1.90 bits per heavy atom. The second-order valence-corrected chi connectivity index (χ2v) is 4.80. The highest BCUT2D eigenvalue weighted by atomic mass is 79.9. The van der Waals surface area contributed by atoms with Gasteiger partial charge in [0.2, 0.25) is 0 Å². The Morgan fingerprint density at radius 3 is 2.10 bits per heavy atom. The molecule has 2 N–H and O–H groups in total. The molecule has 0 aliphatic carbocycles. The van der Waals surface area contributed by atoms with Gasteiger partial charge in [-0.15, -0.1) is 6.58 Å². The van der Waals surface area contributed by atoms with Crippen LogP contribution in [0.4, 0.5) is 0 Å². The van der Waals surface area contributed by atoms with Crippen LogP contribution >= 0.6 is 15.9 Å². The minimum atomic E-state index is 0.861. The maximum atomic E-state index is 3.85. The van der Waals surface area contributed by atoms with Crippen molar-refractivity contribution in [3.05, 3.63) is 54.1 Å². The summed E-state index contributed by atoms with van der Waals surface area (Å²) in [6.07, 6.45) is 11.4. The molecule has 1 rings (SSSR count). The molecule has 0 unspecified atom stereocenters. The van der Waals surface area contributed by atoms with E-state index in [0.717, 1.165) is 23.1 Å². The van der Waals surface area contributed by atoms with E-state index >= 15 is 0 Å². The summed E-state index contributed by atoms with van der Waals surface area (Å²) in [5, 5.41) is 3.00. The third-order valence-corrected chi connectivity index (χ3v) is 2.46. The summed E-state index contributed by atoms with van der Waals surface area (Å²) < 4.78 is 1.04. The van der Waals surface area contributed by atoms with Crippen LogP contribution in [0.1, 0.15) is 46.2 Å². The number of hydrogen-bond donors (Lipinski definition) is 2. The van der Waals surface area contributed by atoms with Gasteiger partial charge in [0.05, 0.1) is 6.33 Å². The molecular formula is C17H32BrN3. The first-order chi connectivity index (χ1) is 10.1. The Labute approximate surface area is 139 Å². The van der Waals surface area contributed by atoms with Crippen LogP contribution in [-0.2, 0) is 6.54 Å². The lowest BCUT2D eigenvalue weighted by atomic mass is 10.5. The van der Waals surface area contributed by atoms with Crippen molar-refractivity contribution in [2.24, 2.45) is 0 Å². The molecule has 4 heteroatoms. The highest BCUT2D eigenvalue weighted by molar-refractivity contribution is 9.11. The van der Waals surface area contributed by atoms with Crippen molar-refractivity contribution in [3.63, 3.8) is 0 Å². The Morgan fingerprint density at radius 1 is 1.38 bits per heavy atom. The maximum Gasteiger partial charge on any atom is 0.0922 e. The predicted octanol–water partition coefficient (Wildman–Crippen LogP) is 5.60. The van der Waals surface area contributed by atoms with Gasteiger partial charge in [-0.3, -0.25) is 0 Å². The molecule has 0 aliphatic rings. The van der Waals surface area contributed by atoms with Crippen molar-refractivity contribution >= 4 is 15.9 Å². The molecule has 0 atom stereocenters. The second-order valence-electron chi connectivity index (χ2n) is 3.89. The molecule has 0 bridgehead atoms. The quantitative estimate of drug-likeness (QED) is 0.543. The lowest BCUT2D eigenvalue weighted by Crippen LogP contribution is -2.04. The van der Waals surface area contributed by atoms with Gasteiger partial charge in [-0.05, 0) is 20.4 Å². The predicted molar refractivity (Wildman–Crippen MR) is 101 cm³/mol. The summed E-state index contributed by atoms with van der Waals surface area (Å²) in [4.78, 5) is 6.81. The summed E-state index contributed by atoms with van der Waals surface area (Å²) in [5.74, 6) is 0. The zero-order valence-corrected chi connectivity index (χ0v) is 15.8. The Bertz CT molecular complexity index is 330. The molecule has 0 fully saturated rings. The van der Waals surface area contributed by atoms with E-state index in [1.54, 1.807) is 18.6 Å². The fourth-order valence-corrected chi connectivity index (χ4v) is 0.690. The molecule has 1 heterocycles. The summed E-state index contributed by atoms with van der Waals surface area (Å²) in [7, 11) is 1.90. The molecule has 0 radical (unpaired) electrons. The normalized spacial score (nSPS) is 8.95. The van der Waals surface area contributed by atoms with E-state index in [1.165, 1.54) is 6.42 Å². The van der Waals surface area contributed by atoms with Crippen molar-refractivity contribution < 1.29 is 0 Å². The Hall–Kier alpha value is -1.13. The molecule has 3 nitrogen and oxygen atoms in total. The molecule has 0 amide bonds. The molecule has 21 heavy (non-hydrogen) atoms. The van der Waals surface area contributed by atoms with Crippen LogP contribution in [0.25, 0.3) is 0 Å². The molecule has 1 aromatic heterocycles. The first-order valence-corrected chi connectivity index (χ1v) is 8.03. The van der Waals surface area contributed by atoms with Crippen LogP contribution < -0.4 is 5.32 Å². The number of allylic oxidation sites excluding steroid dienone is 4. The van der Waals surface area contributed by atoms with E-state index in [9.17, 15) is 0 Å². The number of nitrogens with zero attached hydrogens (tertiary/aromatic N) is 1.